The topological polar surface area (TPSA) is 59.2 Å². The van der Waals surface area contributed by atoms with Crippen LogP contribution >= 0.6 is 11.3 Å². The second-order valence-electron chi connectivity index (χ2n) is 8.40. The Labute approximate surface area is 181 Å². The van der Waals surface area contributed by atoms with Gasteiger partial charge in [0.15, 0.2) is 5.82 Å². The van der Waals surface area contributed by atoms with Gasteiger partial charge in [0, 0.05) is 29.4 Å². The molecular weight excluding hydrogens is 394 g/mol. The predicted molar refractivity (Wildman–Crippen MR) is 119 cm³/mol. The van der Waals surface area contributed by atoms with Gasteiger partial charge in [0.05, 0.1) is 4.88 Å². The van der Waals surface area contributed by atoms with E-state index in [0.717, 1.165) is 29.8 Å². The smallest absolute Gasteiger partial charge is 0.268 e. The molecule has 1 fully saturated rings. The van der Waals surface area contributed by atoms with Gasteiger partial charge in [0.2, 0.25) is 5.91 Å². The summed E-state index contributed by atoms with van der Waals surface area (Å²) in [5, 5.41) is 4.23. The number of anilines is 1. The van der Waals surface area contributed by atoms with E-state index in [1.807, 2.05) is 4.90 Å². The summed E-state index contributed by atoms with van der Waals surface area (Å²) in [6.07, 6.45) is 8.73. The summed E-state index contributed by atoms with van der Waals surface area (Å²) >= 11 is 1.78. The Morgan fingerprint density at radius 2 is 2.03 bits per heavy atom. The van der Waals surface area contributed by atoms with Gasteiger partial charge >= 0.3 is 0 Å². The summed E-state index contributed by atoms with van der Waals surface area (Å²) < 4.78 is 5.59. The monoisotopic (exact) mass is 421 g/mol. The summed E-state index contributed by atoms with van der Waals surface area (Å²) in [4.78, 5) is 21.7. The summed E-state index contributed by atoms with van der Waals surface area (Å²) in [6, 6.07) is 10.6. The van der Waals surface area contributed by atoms with Crippen molar-refractivity contribution >= 4 is 22.9 Å². The number of hydrogen-bond acceptors (Lipinski definition) is 5. The molecule has 2 aliphatic rings. The highest BCUT2D eigenvalue weighted by atomic mass is 32.1. The Morgan fingerprint density at radius 3 is 2.83 bits per heavy atom. The van der Waals surface area contributed by atoms with Crippen LogP contribution in [0.1, 0.15) is 66.8 Å². The highest BCUT2D eigenvalue weighted by Gasteiger charge is 2.34. The zero-order chi connectivity index (χ0) is 20.5. The van der Waals surface area contributed by atoms with Crippen molar-refractivity contribution in [3.8, 4) is 10.8 Å². The van der Waals surface area contributed by atoms with Crippen molar-refractivity contribution in [3.05, 3.63) is 52.2 Å². The van der Waals surface area contributed by atoms with Crippen molar-refractivity contribution < 1.29 is 9.32 Å². The first-order chi connectivity index (χ1) is 14.7. The van der Waals surface area contributed by atoms with Gasteiger partial charge in [0.25, 0.3) is 5.89 Å². The zero-order valence-corrected chi connectivity index (χ0v) is 18.2. The summed E-state index contributed by atoms with van der Waals surface area (Å²) in [5.74, 6) is 1.34. The number of fused-ring (bicyclic) bond motifs is 1. The molecule has 3 aromatic rings. The molecule has 1 aromatic carbocycles. The molecule has 156 valence electrons. The van der Waals surface area contributed by atoms with Crippen molar-refractivity contribution in [2.75, 3.05) is 11.4 Å². The third kappa shape index (κ3) is 3.81. The first-order valence-corrected chi connectivity index (χ1v) is 11.9. The molecule has 1 amide bonds. The van der Waals surface area contributed by atoms with Gasteiger partial charge in [-0.25, -0.2) is 0 Å². The minimum absolute atomic E-state index is 0.0237. The van der Waals surface area contributed by atoms with Gasteiger partial charge < -0.3 is 9.42 Å². The molecule has 0 spiro atoms. The number of aryl methyl sites for hydroxylation is 3. The van der Waals surface area contributed by atoms with Crippen LogP contribution in [-0.2, 0) is 24.1 Å². The molecule has 3 heterocycles. The standard InChI is InChI=1S/C24H27N3O2S/c1-2-3-6-16-9-11-19(12-10-16)27-15-18(14-22(27)28)23-25-24(29-26-23)21-13-17-7-4-5-8-20(17)30-21/h9-13,18H,2-8,14-15H2,1H3. The summed E-state index contributed by atoms with van der Waals surface area (Å²) in [6.45, 7) is 2.81. The highest BCUT2D eigenvalue weighted by Crippen LogP contribution is 2.36. The van der Waals surface area contributed by atoms with E-state index >= 15 is 0 Å². The third-order valence-electron chi connectivity index (χ3n) is 6.21. The van der Waals surface area contributed by atoms with E-state index < -0.39 is 0 Å². The van der Waals surface area contributed by atoms with Crippen molar-refractivity contribution in [3.63, 3.8) is 0 Å². The maximum atomic E-state index is 12.7. The zero-order valence-electron chi connectivity index (χ0n) is 17.4. The first-order valence-electron chi connectivity index (χ1n) is 11.1. The number of unbranched alkanes of at least 4 members (excludes halogenated alkanes) is 1. The lowest BCUT2D eigenvalue weighted by atomic mass is 9.99. The molecule has 0 bridgehead atoms. The second kappa shape index (κ2) is 8.34. The Kier molecular flexibility index (Phi) is 5.42. The Balaban J connectivity index is 1.29. The molecule has 1 atom stereocenters. The molecule has 1 aliphatic carbocycles. The quantitative estimate of drug-likeness (QED) is 0.524. The SMILES string of the molecule is CCCCc1ccc(N2CC(c3noc(-c4cc5c(s4)CCCC5)n3)CC2=O)cc1. The Morgan fingerprint density at radius 1 is 1.20 bits per heavy atom. The van der Waals surface area contributed by atoms with E-state index in [9.17, 15) is 4.79 Å². The predicted octanol–water partition coefficient (Wildman–Crippen LogP) is 5.54. The molecule has 0 radical (unpaired) electrons. The lowest BCUT2D eigenvalue weighted by Gasteiger charge is -2.16. The van der Waals surface area contributed by atoms with Crippen LogP contribution in [0.3, 0.4) is 0 Å². The lowest BCUT2D eigenvalue weighted by molar-refractivity contribution is -0.117. The van der Waals surface area contributed by atoms with Crippen LogP contribution in [0.5, 0.6) is 0 Å². The fourth-order valence-corrected chi connectivity index (χ4v) is 5.63. The van der Waals surface area contributed by atoms with Crippen LogP contribution in [0, 0.1) is 0 Å². The largest absolute Gasteiger partial charge is 0.333 e. The second-order valence-corrected chi connectivity index (χ2v) is 9.54. The summed E-state index contributed by atoms with van der Waals surface area (Å²) in [7, 11) is 0. The number of rotatable bonds is 6. The minimum Gasteiger partial charge on any atom is -0.333 e. The lowest BCUT2D eigenvalue weighted by Crippen LogP contribution is -2.24. The number of benzene rings is 1. The average Bonchev–Trinajstić information content (AvgIpc) is 3.50. The fourth-order valence-electron chi connectivity index (χ4n) is 4.45. The average molecular weight is 422 g/mol. The third-order valence-corrected chi connectivity index (χ3v) is 7.43. The van der Waals surface area contributed by atoms with Crippen LogP contribution in [0.15, 0.2) is 34.9 Å². The molecule has 0 N–H and O–H groups in total. The van der Waals surface area contributed by atoms with Gasteiger partial charge in [-0.2, -0.15) is 4.98 Å². The molecular formula is C24H27N3O2S. The molecule has 6 heteroatoms. The van der Waals surface area contributed by atoms with Crippen LogP contribution in [-0.4, -0.2) is 22.6 Å². The Hall–Kier alpha value is -2.47. The molecule has 1 saturated heterocycles. The van der Waals surface area contributed by atoms with Gasteiger partial charge in [-0.15, -0.1) is 11.3 Å². The van der Waals surface area contributed by atoms with E-state index in [4.69, 9.17) is 4.52 Å². The number of aromatic nitrogens is 2. The van der Waals surface area contributed by atoms with Crippen molar-refractivity contribution in [2.24, 2.45) is 0 Å². The first kappa shape index (κ1) is 19.5. The van der Waals surface area contributed by atoms with Gasteiger partial charge in [-0.3, -0.25) is 4.79 Å². The maximum absolute atomic E-state index is 12.7. The van der Waals surface area contributed by atoms with E-state index in [-0.39, 0.29) is 11.8 Å². The van der Waals surface area contributed by atoms with E-state index in [1.54, 1.807) is 11.3 Å². The van der Waals surface area contributed by atoms with Crippen molar-refractivity contribution in [2.45, 2.75) is 64.2 Å². The highest BCUT2D eigenvalue weighted by molar-refractivity contribution is 7.15. The Bertz CT molecular complexity index is 1010. The van der Waals surface area contributed by atoms with Gasteiger partial charge in [-0.05, 0) is 67.9 Å². The number of carbonyl (C=O) groups excluding carboxylic acids is 1. The molecule has 1 unspecified atom stereocenters. The fraction of sp³-hybridized carbons (Fsp3) is 0.458. The van der Waals surface area contributed by atoms with E-state index in [0.29, 0.717) is 24.7 Å². The molecule has 5 nitrogen and oxygen atoms in total. The number of amides is 1. The van der Waals surface area contributed by atoms with Crippen molar-refractivity contribution in [1.82, 2.24) is 10.1 Å². The molecule has 2 aromatic heterocycles. The van der Waals surface area contributed by atoms with Gasteiger partial charge in [-0.1, -0.05) is 30.6 Å². The molecule has 30 heavy (non-hydrogen) atoms. The summed E-state index contributed by atoms with van der Waals surface area (Å²) in [5.41, 5.74) is 3.72. The number of carbonyl (C=O) groups is 1. The molecule has 5 rings (SSSR count). The number of nitrogens with zero attached hydrogens (tertiary/aromatic N) is 3. The van der Waals surface area contributed by atoms with Crippen LogP contribution in [0.2, 0.25) is 0 Å². The normalized spacial score (nSPS) is 18.8. The van der Waals surface area contributed by atoms with Gasteiger partial charge in [0.1, 0.15) is 0 Å². The maximum Gasteiger partial charge on any atom is 0.268 e. The van der Waals surface area contributed by atoms with Crippen LogP contribution in [0.4, 0.5) is 5.69 Å². The molecule has 1 aliphatic heterocycles. The number of thiophene rings is 1. The number of hydrogen-bond donors (Lipinski definition) is 0. The van der Waals surface area contributed by atoms with Crippen LogP contribution in [0.25, 0.3) is 10.8 Å². The minimum atomic E-state index is -0.0237. The van der Waals surface area contributed by atoms with Crippen LogP contribution < -0.4 is 4.90 Å². The van der Waals surface area contributed by atoms with Crippen molar-refractivity contribution in [1.29, 1.82) is 0 Å². The van der Waals surface area contributed by atoms with E-state index in [2.05, 4.69) is 47.4 Å². The molecule has 0 saturated carbocycles. The van der Waals surface area contributed by atoms with E-state index in [1.165, 1.54) is 41.7 Å².